The molecule has 2 atom stereocenters. The van der Waals surface area contributed by atoms with E-state index in [0.29, 0.717) is 11.3 Å². The van der Waals surface area contributed by atoms with Crippen molar-refractivity contribution in [1.82, 2.24) is 20.3 Å². The summed E-state index contributed by atoms with van der Waals surface area (Å²) < 4.78 is 0. The molecular formula is C20H19N5O. The second-order valence-corrected chi connectivity index (χ2v) is 6.39. The molecule has 6 heteroatoms. The molecule has 2 aromatic heterocycles. The number of fused-ring (bicyclic) bond motifs is 2. The van der Waals surface area contributed by atoms with Gasteiger partial charge in [0.2, 0.25) is 0 Å². The minimum Gasteiger partial charge on any atom is -0.343 e. The maximum atomic E-state index is 12.7. The first kappa shape index (κ1) is 16.2. The molecule has 0 radical (unpaired) electrons. The smallest absolute Gasteiger partial charge is 0.270 e. The molecule has 4 N–H and O–H groups in total. The van der Waals surface area contributed by atoms with Crippen LogP contribution in [0.15, 0.2) is 60.9 Å². The third-order valence-corrected chi connectivity index (χ3v) is 4.46. The van der Waals surface area contributed by atoms with Crippen molar-refractivity contribution in [3.05, 3.63) is 72.2 Å². The maximum absolute atomic E-state index is 12.7. The number of H-pyrrole nitrogens is 1. The van der Waals surface area contributed by atoms with Gasteiger partial charge in [0.15, 0.2) is 5.65 Å². The molecule has 0 spiro atoms. The van der Waals surface area contributed by atoms with Gasteiger partial charge in [-0.25, -0.2) is 9.97 Å². The van der Waals surface area contributed by atoms with Gasteiger partial charge in [-0.1, -0.05) is 36.4 Å². The van der Waals surface area contributed by atoms with Crippen LogP contribution in [0, 0.1) is 0 Å². The van der Waals surface area contributed by atoms with Crippen LogP contribution >= 0.6 is 0 Å². The number of imidazole rings is 1. The van der Waals surface area contributed by atoms with E-state index in [-0.39, 0.29) is 18.0 Å². The summed E-state index contributed by atoms with van der Waals surface area (Å²) in [6, 6.07) is 17.1. The summed E-state index contributed by atoms with van der Waals surface area (Å²) in [6.07, 6.45) is 1.55. The van der Waals surface area contributed by atoms with Gasteiger partial charge in [0.25, 0.3) is 5.91 Å². The van der Waals surface area contributed by atoms with Crippen molar-refractivity contribution in [1.29, 1.82) is 0 Å². The largest absolute Gasteiger partial charge is 0.343 e. The van der Waals surface area contributed by atoms with Crippen molar-refractivity contribution in [3.8, 4) is 0 Å². The minimum absolute atomic E-state index is 0.255. The van der Waals surface area contributed by atoms with E-state index in [1.54, 1.807) is 18.5 Å². The summed E-state index contributed by atoms with van der Waals surface area (Å²) in [4.78, 5) is 24.1. The topological polar surface area (TPSA) is 96.7 Å². The molecular weight excluding hydrogens is 326 g/mol. The first-order chi connectivity index (χ1) is 12.6. The number of amides is 1. The van der Waals surface area contributed by atoms with E-state index in [2.05, 4.69) is 32.4 Å². The summed E-state index contributed by atoms with van der Waals surface area (Å²) in [5.41, 5.74) is 8.75. The van der Waals surface area contributed by atoms with Crippen LogP contribution in [0.4, 0.5) is 0 Å². The highest BCUT2D eigenvalue weighted by atomic mass is 16.1. The number of hydrogen-bond acceptors (Lipinski definition) is 4. The second kappa shape index (κ2) is 6.57. The van der Waals surface area contributed by atoms with Crippen molar-refractivity contribution in [3.63, 3.8) is 0 Å². The number of nitrogens with zero attached hydrogens (tertiary/aromatic N) is 2. The lowest BCUT2D eigenvalue weighted by atomic mass is 9.97. The number of benzene rings is 2. The van der Waals surface area contributed by atoms with Crippen molar-refractivity contribution in [2.24, 2.45) is 5.73 Å². The summed E-state index contributed by atoms with van der Waals surface area (Å²) in [6.45, 7) is 1.88. The fourth-order valence-corrected chi connectivity index (χ4v) is 3.08. The molecule has 0 aliphatic rings. The fraction of sp³-hybridized carbons (Fsp3) is 0.150. The Bertz CT molecular complexity index is 1090. The molecule has 4 rings (SSSR count). The Balaban J connectivity index is 1.64. The van der Waals surface area contributed by atoms with E-state index in [1.807, 2.05) is 37.3 Å². The number of carbonyl (C=O) groups excluding carboxylic acids is 1. The molecule has 0 saturated heterocycles. The van der Waals surface area contributed by atoms with Crippen LogP contribution in [0.3, 0.4) is 0 Å². The van der Waals surface area contributed by atoms with Crippen molar-refractivity contribution >= 4 is 27.8 Å². The van der Waals surface area contributed by atoms with Crippen molar-refractivity contribution < 1.29 is 4.79 Å². The van der Waals surface area contributed by atoms with E-state index in [1.165, 1.54) is 0 Å². The van der Waals surface area contributed by atoms with Gasteiger partial charge in [0, 0.05) is 6.04 Å². The first-order valence-corrected chi connectivity index (χ1v) is 8.47. The van der Waals surface area contributed by atoms with Crippen LogP contribution in [0.1, 0.15) is 29.0 Å². The molecule has 2 aromatic carbocycles. The average Bonchev–Trinajstić information content (AvgIpc) is 3.13. The SMILES string of the molecule is CC(N)C(NC(=O)c1ccc2[nH]cnc2n1)c1ccc2ccccc2c1. The van der Waals surface area contributed by atoms with Crippen molar-refractivity contribution in [2.45, 2.75) is 19.0 Å². The lowest BCUT2D eigenvalue weighted by molar-refractivity contribution is 0.0927. The van der Waals surface area contributed by atoms with Gasteiger partial charge in [0.05, 0.1) is 17.9 Å². The van der Waals surface area contributed by atoms with Crippen LogP contribution in [0.5, 0.6) is 0 Å². The van der Waals surface area contributed by atoms with Crippen LogP contribution in [-0.2, 0) is 0 Å². The van der Waals surface area contributed by atoms with Gasteiger partial charge >= 0.3 is 0 Å². The molecule has 2 unspecified atom stereocenters. The number of aromatic nitrogens is 3. The third kappa shape index (κ3) is 3.02. The van der Waals surface area contributed by atoms with Gasteiger partial charge in [-0.05, 0) is 41.5 Å². The Morgan fingerprint density at radius 3 is 2.73 bits per heavy atom. The average molecular weight is 345 g/mol. The molecule has 130 valence electrons. The summed E-state index contributed by atoms with van der Waals surface area (Å²) in [7, 11) is 0. The normalized spacial score (nSPS) is 13.6. The lowest BCUT2D eigenvalue weighted by Gasteiger charge is -2.23. The second-order valence-electron chi connectivity index (χ2n) is 6.39. The van der Waals surface area contributed by atoms with E-state index < -0.39 is 0 Å². The van der Waals surface area contributed by atoms with Crippen LogP contribution in [0.25, 0.3) is 21.9 Å². The Labute approximate surface area is 150 Å². The van der Waals surface area contributed by atoms with Crippen molar-refractivity contribution in [2.75, 3.05) is 0 Å². The number of pyridine rings is 1. The van der Waals surface area contributed by atoms with Gasteiger partial charge in [-0.15, -0.1) is 0 Å². The number of nitrogens with one attached hydrogen (secondary N) is 2. The van der Waals surface area contributed by atoms with Gasteiger partial charge in [0.1, 0.15) is 5.69 Å². The van der Waals surface area contributed by atoms with Crippen LogP contribution in [0.2, 0.25) is 0 Å². The zero-order chi connectivity index (χ0) is 18.1. The number of carbonyl (C=O) groups is 1. The standard InChI is InChI=1S/C20H19N5O/c1-12(21)18(15-7-6-13-4-2-3-5-14(13)10-15)25-20(26)17-9-8-16-19(24-17)23-11-22-16/h2-12,18H,21H2,1H3,(H,25,26)(H,22,23,24). The fourth-order valence-electron chi connectivity index (χ4n) is 3.08. The molecule has 0 saturated carbocycles. The molecule has 2 heterocycles. The van der Waals surface area contributed by atoms with Crippen LogP contribution in [-0.4, -0.2) is 26.9 Å². The molecule has 0 aliphatic carbocycles. The van der Waals surface area contributed by atoms with E-state index in [4.69, 9.17) is 5.73 Å². The zero-order valence-electron chi connectivity index (χ0n) is 14.3. The molecule has 0 aliphatic heterocycles. The van der Waals surface area contributed by atoms with Crippen LogP contribution < -0.4 is 11.1 Å². The van der Waals surface area contributed by atoms with E-state index in [0.717, 1.165) is 21.9 Å². The van der Waals surface area contributed by atoms with E-state index >= 15 is 0 Å². The Morgan fingerprint density at radius 2 is 1.92 bits per heavy atom. The monoisotopic (exact) mass is 345 g/mol. The van der Waals surface area contributed by atoms with Gasteiger partial charge < -0.3 is 16.0 Å². The molecule has 26 heavy (non-hydrogen) atoms. The maximum Gasteiger partial charge on any atom is 0.270 e. The predicted octanol–water partition coefficient (Wildman–Crippen LogP) is 2.93. The third-order valence-electron chi connectivity index (χ3n) is 4.46. The molecule has 0 bridgehead atoms. The van der Waals surface area contributed by atoms with E-state index in [9.17, 15) is 4.79 Å². The number of hydrogen-bond donors (Lipinski definition) is 3. The predicted molar refractivity (Wildman–Crippen MR) is 102 cm³/mol. The summed E-state index contributed by atoms with van der Waals surface area (Å²) in [5, 5.41) is 5.27. The highest BCUT2D eigenvalue weighted by molar-refractivity contribution is 5.94. The number of rotatable bonds is 4. The number of aromatic amines is 1. The Hall–Kier alpha value is -3.25. The summed E-state index contributed by atoms with van der Waals surface area (Å²) in [5.74, 6) is -0.273. The Morgan fingerprint density at radius 1 is 1.12 bits per heavy atom. The molecule has 0 fully saturated rings. The Kier molecular flexibility index (Phi) is 4.10. The highest BCUT2D eigenvalue weighted by Crippen LogP contribution is 2.22. The molecule has 1 amide bonds. The number of nitrogens with two attached hydrogens (primary N) is 1. The lowest BCUT2D eigenvalue weighted by Crippen LogP contribution is -2.39. The summed E-state index contributed by atoms with van der Waals surface area (Å²) >= 11 is 0. The minimum atomic E-state index is -0.316. The quantitative estimate of drug-likeness (QED) is 0.530. The molecule has 6 nitrogen and oxygen atoms in total. The zero-order valence-corrected chi connectivity index (χ0v) is 14.3. The first-order valence-electron chi connectivity index (χ1n) is 8.47. The van der Waals surface area contributed by atoms with Gasteiger partial charge in [-0.3, -0.25) is 4.79 Å². The van der Waals surface area contributed by atoms with Gasteiger partial charge in [-0.2, -0.15) is 0 Å². The highest BCUT2D eigenvalue weighted by Gasteiger charge is 2.21. The molecule has 4 aromatic rings.